The fourth-order valence-corrected chi connectivity index (χ4v) is 0.975. The summed E-state index contributed by atoms with van der Waals surface area (Å²) < 4.78 is 5.40. The maximum atomic E-state index is 11.2. The van der Waals surface area contributed by atoms with Crippen molar-refractivity contribution in [3.8, 4) is 0 Å². The fraction of sp³-hybridized carbons (Fsp3) is 0.889. The van der Waals surface area contributed by atoms with Crippen LogP contribution in [0.4, 0.5) is 0 Å². The van der Waals surface area contributed by atoms with Gasteiger partial charge in [0.05, 0.1) is 0 Å². The van der Waals surface area contributed by atoms with Gasteiger partial charge in [0.1, 0.15) is 5.60 Å². The molecule has 1 unspecified atom stereocenters. The molecule has 0 spiro atoms. The molecular weight excluding hydrogens is 140 g/mol. The van der Waals surface area contributed by atoms with Crippen molar-refractivity contribution >= 4 is 5.78 Å². The molecule has 0 saturated carbocycles. The highest BCUT2D eigenvalue weighted by Crippen LogP contribution is 2.22. The van der Waals surface area contributed by atoms with E-state index in [0.29, 0.717) is 6.61 Å². The van der Waals surface area contributed by atoms with E-state index in [0.717, 1.165) is 0 Å². The Bertz CT molecular complexity index is 140. The smallest absolute Gasteiger partial charge is 0.161 e. The van der Waals surface area contributed by atoms with Crippen LogP contribution in [0.15, 0.2) is 0 Å². The fourth-order valence-electron chi connectivity index (χ4n) is 0.975. The van der Waals surface area contributed by atoms with Crippen LogP contribution < -0.4 is 0 Å². The lowest BCUT2D eigenvalue weighted by Gasteiger charge is -2.30. The zero-order valence-electron chi connectivity index (χ0n) is 8.10. The molecule has 0 N–H and O–H groups in total. The van der Waals surface area contributed by atoms with Gasteiger partial charge >= 0.3 is 0 Å². The Balaban J connectivity index is 4.38. The molecular formula is C9H18O2. The summed E-state index contributed by atoms with van der Waals surface area (Å²) in [5, 5.41) is 0. The van der Waals surface area contributed by atoms with Gasteiger partial charge in [0, 0.05) is 6.61 Å². The highest BCUT2D eigenvalue weighted by atomic mass is 16.5. The molecule has 0 heterocycles. The predicted molar refractivity (Wildman–Crippen MR) is 45.6 cm³/mol. The molecule has 1 atom stereocenters. The molecule has 0 radical (unpaired) electrons. The van der Waals surface area contributed by atoms with E-state index in [1.54, 1.807) is 6.92 Å². The second kappa shape index (κ2) is 3.86. The standard InChI is InChI=1S/C9H18O2/c1-6-11-9(5,7(2)3)8(4)10/h7H,6H2,1-5H3. The topological polar surface area (TPSA) is 26.3 Å². The molecule has 0 aromatic carbocycles. The summed E-state index contributed by atoms with van der Waals surface area (Å²) in [5.74, 6) is 0.342. The van der Waals surface area contributed by atoms with Gasteiger partial charge in [0.2, 0.25) is 0 Å². The molecule has 0 bridgehead atoms. The van der Waals surface area contributed by atoms with E-state index < -0.39 is 5.60 Å². The van der Waals surface area contributed by atoms with Gasteiger partial charge in [-0.05, 0) is 26.7 Å². The largest absolute Gasteiger partial charge is 0.368 e. The SMILES string of the molecule is CCOC(C)(C(C)=O)C(C)C. The second-order valence-electron chi connectivity index (χ2n) is 3.25. The summed E-state index contributed by atoms with van der Waals surface area (Å²) in [6.45, 7) is 9.92. The number of ketones is 1. The highest BCUT2D eigenvalue weighted by Gasteiger charge is 2.33. The molecule has 2 heteroatoms. The first-order chi connectivity index (χ1) is 4.95. The maximum absolute atomic E-state index is 11.2. The molecule has 0 aromatic rings. The molecule has 2 nitrogen and oxygen atoms in total. The number of rotatable bonds is 4. The quantitative estimate of drug-likeness (QED) is 0.625. The second-order valence-corrected chi connectivity index (χ2v) is 3.25. The first-order valence-electron chi connectivity index (χ1n) is 4.10. The molecule has 0 rings (SSSR count). The van der Waals surface area contributed by atoms with E-state index in [1.165, 1.54) is 0 Å². The van der Waals surface area contributed by atoms with E-state index >= 15 is 0 Å². The number of Topliss-reactive ketones (excluding diaryl/α,β-unsaturated/α-hetero) is 1. The van der Waals surface area contributed by atoms with Crippen LogP contribution in [0.1, 0.15) is 34.6 Å². The van der Waals surface area contributed by atoms with Gasteiger partial charge in [0.25, 0.3) is 0 Å². The Morgan fingerprint density at radius 3 is 2.09 bits per heavy atom. The minimum atomic E-state index is -0.589. The van der Waals surface area contributed by atoms with Crippen molar-refractivity contribution in [1.29, 1.82) is 0 Å². The predicted octanol–water partition coefficient (Wildman–Crippen LogP) is 2.03. The number of carbonyl (C=O) groups excluding carboxylic acids is 1. The Kier molecular flexibility index (Phi) is 3.73. The summed E-state index contributed by atoms with van der Waals surface area (Å²) >= 11 is 0. The molecule has 0 aliphatic carbocycles. The Morgan fingerprint density at radius 2 is 2.00 bits per heavy atom. The molecule has 0 aromatic heterocycles. The third kappa shape index (κ3) is 2.29. The molecule has 11 heavy (non-hydrogen) atoms. The lowest BCUT2D eigenvalue weighted by molar-refractivity contribution is -0.145. The van der Waals surface area contributed by atoms with Gasteiger partial charge in [-0.25, -0.2) is 0 Å². The van der Waals surface area contributed by atoms with Crippen molar-refractivity contribution < 1.29 is 9.53 Å². The lowest BCUT2D eigenvalue weighted by Crippen LogP contribution is -2.42. The molecule has 0 amide bonds. The van der Waals surface area contributed by atoms with Crippen molar-refractivity contribution in [2.45, 2.75) is 40.2 Å². The van der Waals surface area contributed by atoms with Crippen LogP contribution in [0.5, 0.6) is 0 Å². The Morgan fingerprint density at radius 1 is 1.55 bits per heavy atom. The maximum Gasteiger partial charge on any atom is 0.161 e. The van der Waals surface area contributed by atoms with E-state index in [-0.39, 0.29) is 11.7 Å². The van der Waals surface area contributed by atoms with E-state index in [9.17, 15) is 4.79 Å². The molecule has 0 fully saturated rings. The summed E-state index contributed by atoms with van der Waals surface area (Å²) in [6, 6.07) is 0. The minimum absolute atomic E-state index is 0.106. The van der Waals surface area contributed by atoms with Gasteiger partial charge in [-0.1, -0.05) is 13.8 Å². The molecule has 0 saturated heterocycles. The number of hydrogen-bond donors (Lipinski definition) is 0. The van der Waals surface area contributed by atoms with Gasteiger partial charge in [0.15, 0.2) is 5.78 Å². The third-order valence-electron chi connectivity index (χ3n) is 2.24. The number of hydrogen-bond acceptors (Lipinski definition) is 2. The molecule has 0 aliphatic rings. The van der Waals surface area contributed by atoms with Crippen LogP contribution in [-0.4, -0.2) is 18.0 Å². The van der Waals surface area contributed by atoms with Crippen molar-refractivity contribution in [2.75, 3.05) is 6.61 Å². The average molecular weight is 158 g/mol. The van der Waals surface area contributed by atoms with Crippen molar-refractivity contribution in [3.63, 3.8) is 0 Å². The molecule has 66 valence electrons. The summed E-state index contributed by atoms with van der Waals surface area (Å²) in [5.41, 5.74) is -0.589. The van der Waals surface area contributed by atoms with E-state index in [4.69, 9.17) is 4.74 Å². The number of ether oxygens (including phenoxy) is 1. The normalized spacial score (nSPS) is 16.5. The monoisotopic (exact) mass is 158 g/mol. The van der Waals surface area contributed by atoms with Crippen LogP contribution in [0.3, 0.4) is 0 Å². The van der Waals surface area contributed by atoms with Crippen LogP contribution in [0.2, 0.25) is 0 Å². The van der Waals surface area contributed by atoms with Crippen molar-refractivity contribution in [3.05, 3.63) is 0 Å². The Labute approximate surface area is 68.9 Å². The third-order valence-corrected chi connectivity index (χ3v) is 2.24. The number of carbonyl (C=O) groups is 1. The zero-order valence-corrected chi connectivity index (χ0v) is 8.10. The lowest BCUT2D eigenvalue weighted by atomic mass is 9.88. The zero-order chi connectivity index (χ0) is 9.07. The van der Waals surface area contributed by atoms with Crippen LogP contribution in [0.25, 0.3) is 0 Å². The summed E-state index contributed by atoms with van der Waals surface area (Å²) in [6.07, 6.45) is 0. The van der Waals surface area contributed by atoms with Gasteiger partial charge in [-0.3, -0.25) is 4.79 Å². The Hall–Kier alpha value is -0.370. The van der Waals surface area contributed by atoms with Crippen molar-refractivity contribution in [2.24, 2.45) is 5.92 Å². The van der Waals surface area contributed by atoms with Gasteiger partial charge in [-0.15, -0.1) is 0 Å². The average Bonchev–Trinajstić information content (AvgIpc) is 1.87. The highest BCUT2D eigenvalue weighted by molar-refractivity contribution is 5.84. The first-order valence-corrected chi connectivity index (χ1v) is 4.10. The van der Waals surface area contributed by atoms with Crippen LogP contribution >= 0.6 is 0 Å². The molecule has 0 aliphatic heterocycles. The van der Waals surface area contributed by atoms with E-state index in [1.807, 2.05) is 27.7 Å². The minimum Gasteiger partial charge on any atom is -0.368 e. The first kappa shape index (κ1) is 10.6. The summed E-state index contributed by atoms with van der Waals surface area (Å²) in [4.78, 5) is 11.2. The van der Waals surface area contributed by atoms with Crippen molar-refractivity contribution in [1.82, 2.24) is 0 Å². The van der Waals surface area contributed by atoms with Gasteiger partial charge < -0.3 is 4.74 Å². The van der Waals surface area contributed by atoms with Crippen LogP contribution in [0, 0.1) is 5.92 Å². The summed E-state index contributed by atoms with van der Waals surface area (Å²) in [7, 11) is 0. The van der Waals surface area contributed by atoms with E-state index in [2.05, 4.69) is 0 Å². The van der Waals surface area contributed by atoms with Gasteiger partial charge in [-0.2, -0.15) is 0 Å². The van der Waals surface area contributed by atoms with Crippen LogP contribution in [-0.2, 0) is 9.53 Å².